The lowest BCUT2D eigenvalue weighted by Gasteiger charge is -2.30. The van der Waals surface area contributed by atoms with Crippen LogP contribution in [0.4, 0.5) is 0 Å². The summed E-state index contributed by atoms with van der Waals surface area (Å²) >= 11 is 1.34. The summed E-state index contributed by atoms with van der Waals surface area (Å²) in [5.74, 6) is 0.0559. The Balaban J connectivity index is 2.20. The van der Waals surface area contributed by atoms with Gasteiger partial charge in [0.1, 0.15) is 0 Å². The normalized spacial score (nSPS) is 23.5. The van der Waals surface area contributed by atoms with E-state index in [4.69, 9.17) is 5.11 Å². The molecule has 0 amide bonds. The smallest absolute Gasteiger partial charge is 0.313 e. The first-order valence-corrected chi connectivity index (χ1v) is 8.01. The molecule has 0 radical (unpaired) electrons. The maximum absolute atomic E-state index is 10.7. The molecule has 1 heterocycles. The van der Waals surface area contributed by atoms with Crippen LogP contribution in [-0.4, -0.2) is 26.4 Å². The summed E-state index contributed by atoms with van der Waals surface area (Å²) in [7, 11) is 0. The molecule has 0 bridgehead atoms. The van der Waals surface area contributed by atoms with Crippen molar-refractivity contribution < 1.29 is 9.90 Å². The van der Waals surface area contributed by atoms with Crippen LogP contribution in [-0.2, 0) is 11.2 Å². The molecule has 1 aliphatic rings. The van der Waals surface area contributed by atoms with Gasteiger partial charge >= 0.3 is 5.97 Å². The largest absolute Gasteiger partial charge is 0.481 e. The standard InChI is InChI=1S/C14H22N2O2S/c1-3-11-8-15-14(19-9-13(17)18)16(11)12-6-4-5-10(2)7-12/h8,10,12H,3-7,9H2,1-2H3,(H,17,18). The zero-order valence-electron chi connectivity index (χ0n) is 11.6. The number of thioether (sulfide) groups is 1. The SMILES string of the molecule is CCc1cnc(SCC(=O)O)n1C1CCCC(C)C1. The van der Waals surface area contributed by atoms with Gasteiger partial charge in [-0.3, -0.25) is 4.79 Å². The summed E-state index contributed by atoms with van der Waals surface area (Å²) in [6.07, 6.45) is 7.80. The molecule has 0 aliphatic heterocycles. The monoisotopic (exact) mass is 282 g/mol. The number of rotatable bonds is 5. The fourth-order valence-corrected chi connectivity index (χ4v) is 3.68. The number of carbonyl (C=O) groups is 1. The second-order valence-electron chi connectivity index (χ2n) is 5.36. The minimum absolute atomic E-state index is 0.0858. The van der Waals surface area contributed by atoms with Crippen LogP contribution < -0.4 is 0 Å². The predicted molar refractivity (Wildman–Crippen MR) is 76.6 cm³/mol. The quantitative estimate of drug-likeness (QED) is 0.841. The minimum Gasteiger partial charge on any atom is -0.481 e. The van der Waals surface area contributed by atoms with Gasteiger partial charge in [-0.25, -0.2) is 4.98 Å². The Morgan fingerprint density at radius 1 is 1.58 bits per heavy atom. The maximum atomic E-state index is 10.7. The van der Waals surface area contributed by atoms with E-state index in [1.165, 1.54) is 43.1 Å². The average Bonchev–Trinajstić information content (AvgIpc) is 2.79. The Morgan fingerprint density at radius 2 is 2.37 bits per heavy atom. The molecule has 2 rings (SSSR count). The van der Waals surface area contributed by atoms with Gasteiger partial charge in [-0.2, -0.15) is 0 Å². The Labute approximate surface area is 118 Å². The van der Waals surface area contributed by atoms with Crippen LogP contribution in [0.5, 0.6) is 0 Å². The minimum atomic E-state index is -0.783. The molecule has 2 atom stereocenters. The Morgan fingerprint density at radius 3 is 3.00 bits per heavy atom. The highest BCUT2D eigenvalue weighted by molar-refractivity contribution is 7.99. The Hall–Kier alpha value is -0.970. The van der Waals surface area contributed by atoms with E-state index in [1.54, 1.807) is 0 Å². The number of aromatic nitrogens is 2. The number of carboxylic acid groups (broad SMARTS) is 1. The summed E-state index contributed by atoms with van der Waals surface area (Å²) in [6.45, 7) is 4.43. The first-order chi connectivity index (χ1) is 9.11. The molecule has 19 heavy (non-hydrogen) atoms. The summed E-state index contributed by atoms with van der Waals surface area (Å²) in [5.41, 5.74) is 1.23. The molecule has 4 nitrogen and oxygen atoms in total. The van der Waals surface area contributed by atoms with Crippen LogP contribution >= 0.6 is 11.8 Å². The van der Waals surface area contributed by atoms with E-state index in [9.17, 15) is 4.79 Å². The molecule has 5 heteroatoms. The van der Waals surface area contributed by atoms with Crippen molar-refractivity contribution in [3.05, 3.63) is 11.9 Å². The van der Waals surface area contributed by atoms with Gasteiger partial charge in [-0.15, -0.1) is 0 Å². The lowest BCUT2D eigenvalue weighted by molar-refractivity contribution is -0.133. The van der Waals surface area contributed by atoms with Crippen molar-refractivity contribution in [1.29, 1.82) is 0 Å². The van der Waals surface area contributed by atoms with Crippen molar-refractivity contribution in [2.45, 2.75) is 57.1 Å². The second-order valence-corrected chi connectivity index (χ2v) is 6.31. The van der Waals surface area contributed by atoms with E-state index in [0.717, 1.165) is 17.5 Å². The van der Waals surface area contributed by atoms with Gasteiger partial charge in [0.15, 0.2) is 5.16 Å². The van der Waals surface area contributed by atoms with Crippen LogP contribution in [0, 0.1) is 5.92 Å². The van der Waals surface area contributed by atoms with E-state index < -0.39 is 5.97 Å². The van der Waals surface area contributed by atoms with E-state index in [0.29, 0.717) is 6.04 Å². The number of carboxylic acids is 1. The average molecular weight is 282 g/mol. The summed E-state index contributed by atoms with van der Waals surface area (Å²) < 4.78 is 2.29. The van der Waals surface area contributed by atoms with E-state index in [1.807, 2.05) is 6.20 Å². The summed E-state index contributed by atoms with van der Waals surface area (Å²) in [6, 6.07) is 0.498. The highest BCUT2D eigenvalue weighted by Gasteiger charge is 2.24. The first kappa shape index (κ1) is 14.4. The number of imidazole rings is 1. The summed E-state index contributed by atoms with van der Waals surface area (Å²) in [5, 5.41) is 9.70. The van der Waals surface area contributed by atoms with Gasteiger partial charge in [0.25, 0.3) is 0 Å². The Kier molecular flexibility index (Phi) is 4.91. The van der Waals surface area contributed by atoms with Crippen LogP contribution in [0.25, 0.3) is 0 Å². The molecule has 2 unspecified atom stereocenters. The van der Waals surface area contributed by atoms with Crippen molar-refractivity contribution in [2.75, 3.05) is 5.75 Å². The predicted octanol–water partition coefficient (Wildman–Crippen LogP) is 3.37. The molecule has 1 aliphatic carbocycles. The highest BCUT2D eigenvalue weighted by Crippen LogP contribution is 2.36. The first-order valence-electron chi connectivity index (χ1n) is 7.02. The van der Waals surface area contributed by atoms with Crippen LogP contribution in [0.3, 0.4) is 0 Å². The number of aliphatic carboxylic acids is 1. The maximum Gasteiger partial charge on any atom is 0.313 e. The number of aryl methyl sites for hydroxylation is 1. The van der Waals surface area contributed by atoms with Gasteiger partial charge in [0, 0.05) is 17.9 Å². The van der Waals surface area contributed by atoms with Crippen molar-refractivity contribution in [3.8, 4) is 0 Å². The third-order valence-electron chi connectivity index (χ3n) is 3.80. The fraction of sp³-hybridized carbons (Fsp3) is 0.714. The zero-order valence-corrected chi connectivity index (χ0v) is 12.4. The molecule has 0 saturated heterocycles. The van der Waals surface area contributed by atoms with Gasteiger partial charge in [-0.05, 0) is 25.2 Å². The van der Waals surface area contributed by atoms with Gasteiger partial charge in [-0.1, -0.05) is 38.5 Å². The van der Waals surface area contributed by atoms with Crippen LogP contribution in [0.1, 0.15) is 51.3 Å². The summed E-state index contributed by atoms with van der Waals surface area (Å²) in [4.78, 5) is 15.2. The lowest BCUT2D eigenvalue weighted by atomic mass is 9.87. The lowest BCUT2D eigenvalue weighted by Crippen LogP contribution is -2.20. The second kappa shape index (κ2) is 6.46. The molecule has 0 spiro atoms. The number of hydrogen-bond donors (Lipinski definition) is 1. The molecular weight excluding hydrogens is 260 g/mol. The van der Waals surface area contributed by atoms with Gasteiger partial charge in [0.2, 0.25) is 0 Å². The van der Waals surface area contributed by atoms with Crippen LogP contribution in [0.15, 0.2) is 11.4 Å². The molecule has 0 aromatic carbocycles. The third-order valence-corrected chi connectivity index (χ3v) is 4.75. The van der Waals surface area contributed by atoms with Crippen molar-refractivity contribution in [1.82, 2.24) is 9.55 Å². The van der Waals surface area contributed by atoms with Gasteiger partial charge < -0.3 is 9.67 Å². The number of nitrogens with zero attached hydrogens (tertiary/aromatic N) is 2. The van der Waals surface area contributed by atoms with Crippen LogP contribution in [0.2, 0.25) is 0 Å². The molecule has 1 fully saturated rings. The highest BCUT2D eigenvalue weighted by atomic mass is 32.2. The van der Waals surface area contributed by atoms with E-state index >= 15 is 0 Å². The molecule has 1 saturated carbocycles. The third kappa shape index (κ3) is 3.53. The molecule has 1 N–H and O–H groups in total. The number of hydrogen-bond acceptors (Lipinski definition) is 3. The fourth-order valence-electron chi connectivity index (χ4n) is 2.90. The Bertz CT molecular complexity index is 445. The molecule has 106 valence electrons. The van der Waals surface area contributed by atoms with E-state index in [-0.39, 0.29) is 5.75 Å². The molecule has 1 aromatic heterocycles. The molecule has 1 aromatic rings. The van der Waals surface area contributed by atoms with E-state index in [2.05, 4.69) is 23.4 Å². The zero-order chi connectivity index (χ0) is 13.8. The topological polar surface area (TPSA) is 55.1 Å². The van der Waals surface area contributed by atoms with Gasteiger partial charge in [0.05, 0.1) is 5.75 Å². The van der Waals surface area contributed by atoms with Crippen molar-refractivity contribution >= 4 is 17.7 Å². The van der Waals surface area contributed by atoms with Crippen molar-refractivity contribution in [3.63, 3.8) is 0 Å². The van der Waals surface area contributed by atoms with Crippen molar-refractivity contribution in [2.24, 2.45) is 5.92 Å². The molecular formula is C14H22N2O2S.